The summed E-state index contributed by atoms with van der Waals surface area (Å²) in [5.41, 5.74) is 0. The lowest BCUT2D eigenvalue weighted by atomic mass is 10.7. The Morgan fingerprint density at radius 3 is 1.43 bits per heavy atom. The van der Waals surface area contributed by atoms with Gasteiger partial charge in [-0.2, -0.15) is 13.2 Å². The molecule has 0 amide bonds. The topological polar surface area (TPSA) is 57.5 Å². The molecule has 0 saturated carbocycles. The first kappa shape index (κ1) is 19.6. The largest absolute Gasteiger partial charge is 0.490 e. The molecule has 0 aromatic carbocycles. The van der Waals surface area contributed by atoms with Crippen molar-refractivity contribution in [3.63, 3.8) is 0 Å². The zero-order valence-electron chi connectivity index (χ0n) is 6.85. The maximum absolute atomic E-state index is 10.6. The second kappa shape index (κ2) is 11.2. The van der Waals surface area contributed by atoms with E-state index in [-0.39, 0.29) is 6.61 Å². The maximum atomic E-state index is 10.6. The molecule has 88 valence electrons. The summed E-state index contributed by atoms with van der Waals surface area (Å²) in [6.45, 7) is 1.93. The summed E-state index contributed by atoms with van der Waals surface area (Å²) in [6.07, 6.45) is -5.08. The molecule has 0 aromatic heterocycles. The van der Waals surface area contributed by atoms with Crippen molar-refractivity contribution >= 4 is 40.8 Å². The van der Waals surface area contributed by atoms with Crippen molar-refractivity contribution in [3.8, 4) is 0 Å². The van der Waals surface area contributed by atoms with Crippen LogP contribution in [0.2, 0.25) is 0 Å². The molecule has 0 rings (SSSR count). The van der Waals surface area contributed by atoms with Crippen molar-refractivity contribution in [2.75, 3.05) is 6.61 Å². The van der Waals surface area contributed by atoms with Crippen LogP contribution in [0.4, 0.5) is 13.2 Å². The summed E-state index contributed by atoms with van der Waals surface area (Å²) in [5.74, 6) is -2.76. The fourth-order valence-electron chi connectivity index (χ4n) is 0. The highest BCUT2D eigenvalue weighted by Gasteiger charge is 2.38. The third kappa shape index (κ3) is 40.1. The van der Waals surface area contributed by atoms with Crippen LogP contribution in [0.5, 0.6) is 0 Å². The molecule has 0 atom stereocenters. The number of carbonyl (C=O) groups is 1. The highest BCUT2D eigenvalue weighted by molar-refractivity contribution is 6.63. The molecular formula is C5H8Cl3F3O3. The van der Waals surface area contributed by atoms with E-state index < -0.39 is 16.4 Å². The number of aliphatic hydroxyl groups excluding tert-OH is 1. The van der Waals surface area contributed by atoms with Gasteiger partial charge in [0.15, 0.2) is 4.30 Å². The minimum absolute atomic E-state index is 0.250. The van der Waals surface area contributed by atoms with Gasteiger partial charge in [0.25, 0.3) is 0 Å². The molecule has 14 heavy (non-hydrogen) atoms. The van der Waals surface area contributed by atoms with E-state index >= 15 is 0 Å². The van der Waals surface area contributed by atoms with Crippen LogP contribution < -0.4 is 0 Å². The van der Waals surface area contributed by atoms with Gasteiger partial charge in [-0.25, -0.2) is 4.79 Å². The van der Waals surface area contributed by atoms with Gasteiger partial charge in [0.05, 0.1) is 0 Å². The average molecular weight is 279 g/mol. The van der Waals surface area contributed by atoms with Crippen LogP contribution in [-0.2, 0) is 4.79 Å². The highest BCUT2D eigenvalue weighted by Crippen LogP contribution is 2.13. The van der Waals surface area contributed by atoms with Crippen LogP contribution in [0.25, 0.3) is 0 Å². The van der Waals surface area contributed by atoms with Crippen molar-refractivity contribution < 1.29 is 28.2 Å². The number of alkyl halides is 6. The standard InChI is InChI=1S/C2HF3O2.C2H6O.CHCl3/c3-2(4,5)1(6)7;1-2-3;2-1(3)4/h(H,6,7);3H,2H2,1H3;1H. The van der Waals surface area contributed by atoms with Gasteiger partial charge in [0, 0.05) is 6.61 Å². The number of carboxylic acid groups (broad SMARTS) is 1. The van der Waals surface area contributed by atoms with Crippen LogP contribution in [-0.4, -0.2) is 33.3 Å². The molecule has 0 bridgehead atoms. The van der Waals surface area contributed by atoms with Crippen LogP contribution >= 0.6 is 34.8 Å². The summed E-state index contributed by atoms with van der Waals surface area (Å²) in [5, 5.41) is 14.7. The van der Waals surface area contributed by atoms with Gasteiger partial charge in [0.2, 0.25) is 0 Å². The van der Waals surface area contributed by atoms with Crippen molar-refractivity contribution in [3.05, 3.63) is 0 Å². The average Bonchev–Trinajstić information content (AvgIpc) is 1.84. The van der Waals surface area contributed by atoms with Gasteiger partial charge in [-0.3, -0.25) is 0 Å². The molecule has 0 aromatic rings. The van der Waals surface area contributed by atoms with E-state index in [0.29, 0.717) is 0 Å². The third-order valence-corrected chi connectivity index (χ3v) is 0.243. The second-order valence-electron chi connectivity index (χ2n) is 1.37. The van der Waals surface area contributed by atoms with E-state index in [1.54, 1.807) is 6.92 Å². The molecule has 0 saturated heterocycles. The minimum atomic E-state index is -5.08. The van der Waals surface area contributed by atoms with Crippen molar-refractivity contribution in [1.82, 2.24) is 0 Å². The van der Waals surface area contributed by atoms with E-state index in [2.05, 4.69) is 0 Å². The Morgan fingerprint density at radius 1 is 1.36 bits per heavy atom. The molecule has 0 aliphatic carbocycles. The molecule has 9 heteroatoms. The first-order chi connectivity index (χ1) is 6.09. The number of hydrogen-bond donors (Lipinski definition) is 2. The predicted octanol–water partition coefficient (Wildman–Crippen LogP) is 2.62. The van der Waals surface area contributed by atoms with Crippen LogP contribution in [0.1, 0.15) is 6.92 Å². The number of halogens is 6. The number of rotatable bonds is 0. The fraction of sp³-hybridized carbons (Fsp3) is 0.800. The zero-order chi connectivity index (χ0) is 12.4. The van der Waals surface area contributed by atoms with Crippen LogP contribution in [0.3, 0.4) is 0 Å². The SMILES string of the molecule is CCO.ClC(Cl)Cl.O=C(O)C(F)(F)F. The Labute approximate surface area is 93.4 Å². The lowest BCUT2D eigenvalue weighted by Crippen LogP contribution is -2.21. The van der Waals surface area contributed by atoms with Gasteiger partial charge in [0.1, 0.15) is 0 Å². The Hall–Kier alpha value is 0.0900. The summed E-state index contributed by atoms with van der Waals surface area (Å²) in [4.78, 5) is 8.90. The van der Waals surface area contributed by atoms with E-state index in [1.807, 2.05) is 0 Å². The van der Waals surface area contributed by atoms with E-state index in [4.69, 9.17) is 49.8 Å². The van der Waals surface area contributed by atoms with E-state index in [0.717, 1.165) is 0 Å². The Morgan fingerprint density at radius 2 is 1.43 bits per heavy atom. The number of carboxylic acids is 1. The summed E-state index contributed by atoms with van der Waals surface area (Å²) < 4.78 is 31.0. The molecule has 2 N–H and O–H groups in total. The van der Waals surface area contributed by atoms with Gasteiger partial charge >= 0.3 is 12.1 Å². The monoisotopic (exact) mass is 278 g/mol. The number of hydrogen-bond acceptors (Lipinski definition) is 2. The predicted molar refractivity (Wildman–Crippen MR) is 47.8 cm³/mol. The summed E-state index contributed by atoms with van der Waals surface area (Å²) >= 11 is 14.4. The molecule has 0 fully saturated rings. The van der Waals surface area contributed by atoms with Gasteiger partial charge in [-0.1, -0.05) is 34.8 Å². The molecule has 0 radical (unpaired) electrons. The molecule has 3 nitrogen and oxygen atoms in total. The van der Waals surface area contributed by atoms with Crippen molar-refractivity contribution in [2.24, 2.45) is 0 Å². The molecule has 0 unspecified atom stereocenters. The van der Waals surface area contributed by atoms with Gasteiger partial charge in [-0.15, -0.1) is 0 Å². The Bertz CT molecular complexity index is 137. The smallest absolute Gasteiger partial charge is 0.475 e. The lowest BCUT2D eigenvalue weighted by Gasteiger charge is -1.93. The highest BCUT2D eigenvalue weighted by atomic mass is 35.6. The second-order valence-corrected chi connectivity index (χ2v) is 3.35. The zero-order valence-corrected chi connectivity index (χ0v) is 9.12. The number of aliphatic carboxylic acids is 1. The molecular weight excluding hydrogens is 271 g/mol. The van der Waals surface area contributed by atoms with Crippen LogP contribution in [0.15, 0.2) is 0 Å². The normalized spacial score (nSPS) is 9.50. The summed E-state index contributed by atoms with van der Waals surface area (Å²) in [7, 11) is 0. The first-order valence-electron chi connectivity index (χ1n) is 2.92. The van der Waals surface area contributed by atoms with Crippen molar-refractivity contribution in [2.45, 2.75) is 17.4 Å². The van der Waals surface area contributed by atoms with Crippen LogP contribution in [0, 0.1) is 0 Å². The minimum Gasteiger partial charge on any atom is -0.475 e. The fourth-order valence-corrected chi connectivity index (χ4v) is 0. The first-order valence-corrected chi connectivity index (χ1v) is 4.23. The summed E-state index contributed by atoms with van der Waals surface area (Å²) in [6, 6.07) is 0. The third-order valence-electron chi connectivity index (χ3n) is 0.243. The van der Waals surface area contributed by atoms with E-state index in [9.17, 15) is 13.2 Å². The molecule has 0 aliphatic heterocycles. The van der Waals surface area contributed by atoms with Gasteiger partial charge < -0.3 is 10.2 Å². The number of aliphatic hydroxyl groups is 1. The molecule has 0 spiro atoms. The Kier molecular flexibility index (Phi) is 15.7. The maximum Gasteiger partial charge on any atom is 0.490 e. The van der Waals surface area contributed by atoms with E-state index in [1.165, 1.54) is 0 Å². The lowest BCUT2D eigenvalue weighted by molar-refractivity contribution is -0.192. The van der Waals surface area contributed by atoms with Crippen molar-refractivity contribution in [1.29, 1.82) is 0 Å². The molecule has 0 aliphatic rings. The quantitative estimate of drug-likeness (QED) is 0.670. The molecule has 0 heterocycles. The van der Waals surface area contributed by atoms with Gasteiger partial charge in [-0.05, 0) is 6.92 Å². The Balaban J connectivity index is -0.000000147.